The molecule has 5 nitrogen and oxygen atoms in total. The van der Waals surface area contributed by atoms with Gasteiger partial charge in [0.25, 0.3) is 5.91 Å². The summed E-state index contributed by atoms with van der Waals surface area (Å²) < 4.78 is 23.2. The minimum atomic E-state index is -0.515. The summed E-state index contributed by atoms with van der Waals surface area (Å²) in [7, 11) is 1.29. The Morgan fingerprint density at radius 2 is 1.77 bits per heavy atom. The van der Waals surface area contributed by atoms with Crippen LogP contribution in [0.25, 0.3) is 0 Å². The van der Waals surface area contributed by atoms with E-state index in [0.717, 1.165) is 0 Å². The van der Waals surface area contributed by atoms with Crippen LogP contribution in [-0.4, -0.2) is 25.6 Å². The highest BCUT2D eigenvalue weighted by Crippen LogP contribution is 2.14. The fourth-order valence-corrected chi connectivity index (χ4v) is 1.70. The van der Waals surface area contributed by atoms with Crippen molar-refractivity contribution in [1.82, 2.24) is 0 Å². The second-order valence-electron chi connectivity index (χ2n) is 4.33. The third-order valence-electron chi connectivity index (χ3n) is 2.79. The van der Waals surface area contributed by atoms with Crippen molar-refractivity contribution in [2.24, 2.45) is 0 Å². The number of para-hydroxylation sites is 1. The summed E-state index contributed by atoms with van der Waals surface area (Å²) in [4.78, 5) is 22.9. The van der Waals surface area contributed by atoms with Gasteiger partial charge in [0.2, 0.25) is 0 Å². The van der Waals surface area contributed by atoms with Crippen LogP contribution in [0.1, 0.15) is 10.4 Å². The second kappa shape index (κ2) is 7.21. The molecule has 0 saturated carbocycles. The quantitative estimate of drug-likeness (QED) is 0.862. The van der Waals surface area contributed by atoms with Crippen LogP contribution in [0.3, 0.4) is 0 Å². The lowest BCUT2D eigenvalue weighted by Crippen LogP contribution is -2.20. The number of hydrogen-bond donors (Lipinski definition) is 1. The molecule has 6 heteroatoms. The zero-order valence-electron chi connectivity index (χ0n) is 11.8. The van der Waals surface area contributed by atoms with Crippen LogP contribution in [0.4, 0.5) is 10.1 Å². The van der Waals surface area contributed by atoms with E-state index in [1.807, 2.05) is 0 Å². The summed E-state index contributed by atoms with van der Waals surface area (Å²) >= 11 is 0. The number of nitrogens with one attached hydrogen (secondary N) is 1. The SMILES string of the molecule is COC(=O)c1ccc(OCC(=O)Nc2ccccc2F)cc1. The molecule has 0 fully saturated rings. The van der Waals surface area contributed by atoms with Crippen LogP contribution in [0.15, 0.2) is 48.5 Å². The summed E-state index contributed by atoms with van der Waals surface area (Å²) in [6.45, 7) is -0.272. The molecule has 1 amide bonds. The monoisotopic (exact) mass is 303 g/mol. The molecule has 1 N–H and O–H groups in total. The van der Waals surface area contributed by atoms with Crippen molar-refractivity contribution in [2.75, 3.05) is 19.0 Å². The first-order valence-corrected chi connectivity index (χ1v) is 6.45. The molecule has 0 aromatic heterocycles. The zero-order valence-corrected chi connectivity index (χ0v) is 11.8. The fraction of sp³-hybridized carbons (Fsp3) is 0.125. The first-order valence-electron chi connectivity index (χ1n) is 6.45. The molecular weight excluding hydrogens is 289 g/mol. The van der Waals surface area contributed by atoms with Crippen molar-refractivity contribution in [3.05, 3.63) is 59.9 Å². The van der Waals surface area contributed by atoms with Gasteiger partial charge in [0.05, 0.1) is 18.4 Å². The number of esters is 1. The van der Waals surface area contributed by atoms with Crippen LogP contribution in [0.2, 0.25) is 0 Å². The molecule has 0 aliphatic heterocycles. The van der Waals surface area contributed by atoms with Gasteiger partial charge >= 0.3 is 5.97 Å². The number of amides is 1. The highest BCUT2D eigenvalue weighted by Gasteiger charge is 2.08. The maximum atomic E-state index is 13.4. The molecule has 0 bridgehead atoms. The minimum absolute atomic E-state index is 0.0946. The van der Waals surface area contributed by atoms with E-state index < -0.39 is 17.7 Å². The average Bonchev–Trinajstić information content (AvgIpc) is 2.55. The molecule has 0 spiro atoms. The van der Waals surface area contributed by atoms with E-state index in [-0.39, 0.29) is 12.3 Å². The van der Waals surface area contributed by atoms with Gasteiger partial charge < -0.3 is 14.8 Å². The van der Waals surface area contributed by atoms with Gasteiger partial charge in [0.15, 0.2) is 6.61 Å². The Hall–Kier alpha value is -2.89. The Kier molecular flexibility index (Phi) is 5.08. The fourth-order valence-electron chi connectivity index (χ4n) is 1.70. The Balaban J connectivity index is 1.89. The highest BCUT2D eigenvalue weighted by atomic mass is 19.1. The van der Waals surface area contributed by atoms with Crippen molar-refractivity contribution in [3.8, 4) is 5.75 Å². The lowest BCUT2D eigenvalue weighted by Gasteiger charge is -2.08. The zero-order chi connectivity index (χ0) is 15.9. The molecular formula is C16H14FNO4. The molecule has 2 rings (SSSR count). The van der Waals surface area contributed by atoms with Gasteiger partial charge in [0.1, 0.15) is 11.6 Å². The Morgan fingerprint density at radius 1 is 1.09 bits per heavy atom. The van der Waals surface area contributed by atoms with Crippen LogP contribution >= 0.6 is 0 Å². The number of anilines is 1. The number of halogens is 1. The maximum absolute atomic E-state index is 13.4. The van der Waals surface area contributed by atoms with Crippen molar-refractivity contribution >= 4 is 17.6 Å². The highest BCUT2D eigenvalue weighted by molar-refractivity contribution is 5.92. The van der Waals surface area contributed by atoms with Gasteiger partial charge in [-0.05, 0) is 36.4 Å². The molecule has 0 saturated heterocycles. The number of carbonyl (C=O) groups excluding carboxylic acids is 2. The Morgan fingerprint density at radius 3 is 2.41 bits per heavy atom. The summed E-state index contributed by atoms with van der Waals surface area (Å²) in [5.74, 6) is -1.04. The van der Waals surface area contributed by atoms with Crippen LogP contribution < -0.4 is 10.1 Å². The molecule has 2 aromatic rings. The van der Waals surface area contributed by atoms with E-state index in [4.69, 9.17) is 4.74 Å². The normalized spacial score (nSPS) is 9.91. The number of benzene rings is 2. The molecule has 114 valence electrons. The average molecular weight is 303 g/mol. The first-order chi connectivity index (χ1) is 10.6. The molecule has 0 unspecified atom stereocenters. The molecule has 2 aromatic carbocycles. The third-order valence-corrected chi connectivity index (χ3v) is 2.79. The Bertz CT molecular complexity index is 670. The molecule has 0 aliphatic carbocycles. The first kappa shape index (κ1) is 15.5. The summed E-state index contributed by atoms with van der Waals surface area (Å²) in [6, 6.07) is 12.0. The van der Waals surface area contributed by atoms with Gasteiger partial charge in [-0.1, -0.05) is 12.1 Å². The molecule has 22 heavy (non-hydrogen) atoms. The van der Waals surface area contributed by atoms with E-state index in [0.29, 0.717) is 11.3 Å². The topological polar surface area (TPSA) is 64.6 Å². The second-order valence-corrected chi connectivity index (χ2v) is 4.33. The van der Waals surface area contributed by atoms with Gasteiger partial charge in [-0.15, -0.1) is 0 Å². The number of ether oxygens (including phenoxy) is 2. The number of rotatable bonds is 5. The lowest BCUT2D eigenvalue weighted by molar-refractivity contribution is -0.118. The van der Waals surface area contributed by atoms with Crippen LogP contribution in [-0.2, 0) is 9.53 Å². The molecule has 0 heterocycles. The standard InChI is InChI=1S/C16H14FNO4/c1-21-16(20)11-6-8-12(9-7-11)22-10-15(19)18-14-5-3-2-4-13(14)17/h2-9H,10H2,1H3,(H,18,19). The van der Waals surface area contributed by atoms with Crippen LogP contribution in [0.5, 0.6) is 5.75 Å². The van der Waals surface area contributed by atoms with Crippen molar-refractivity contribution in [3.63, 3.8) is 0 Å². The number of hydrogen-bond acceptors (Lipinski definition) is 4. The maximum Gasteiger partial charge on any atom is 0.337 e. The predicted octanol–water partition coefficient (Wildman–Crippen LogP) is 2.63. The Labute approximate surface area is 126 Å². The molecule has 0 radical (unpaired) electrons. The molecule has 0 atom stereocenters. The van der Waals surface area contributed by atoms with E-state index >= 15 is 0 Å². The van der Waals surface area contributed by atoms with Gasteiger partial charge in [0, 0.05) is 0 Å². The lowest BCUT2D eigenvalue weighted by atomic mass is 10.2. The van der Waals surface area contributed by atoms with Crippen molar-refractivity contribution in [1.29, 1.82) is 0 Å². The van der Waals surface area contributed by atoms with Gasteiger partial charge in [-0.3, -0.25) is 4.79 Å². The predicted molar refractivity (Wildman–Crippen MR) is 78.3 cm³/mol. The number of carbonyl (C=O) groups is 2. The van der Waals surface area contributed by atoms with Crippen molar-refractivity contribution < 1.29 is 23.5 Å². The largest absolute Gasteiger partial charge is 0.484 e. The smallest absolute Gasteiger partial charge is 0.337 e. The summed E-state index contributed by atoms with van der Waals surface area (Å²) in [6.07, 6.45) is 0. The summed E-state index contributed by atoms with van der Waals surface area (Å²) in [5.41, 5.74) is 0.475. The molecule has 0 aliphatic rings. The van der Waals surface area contributed by atoms with E-state index in [2.05, 4.69) is 10.1 Å². The van der Waals surface area contributed by atoms with E-state index in [9.17, 15) is 14.0 Å². The van der Waals surface area contributed by atoms with Crippen LogP contribution in [0, 0.1) is 5.82 Å². The van der Waals surface area contributed by atoms with Crippen molar-refractivity contribution in [2.45, 2.75) is 0 Å². The third kappa shape index (κ3) is 4.05. The summed E-state index contributed by atoms with van der Waals surface area (Å²) in [5, 5.41) is 2.41. The number of methoxy groups -OCH3 is 1. The van der Waals surface area contributed by atoms with Gasteiger partial charge in [-0.2, -0.15) is 0 Å². The minimum Gasteiger partial charge on any atom is -0.484 e. The van der Waals surface area contributed by atoms with Gasteiger partial charge in [-0.25, -0.2) is 9.18 Å². The van der Waals surface area contributed by atoms with E-state index in [1.165, 1.54) is 37.4 Å². The van der Waals surface area contributed by atoms with E-state index in [1.54, 1.807) is 18.2 Å².